The van der Waals surface area contributed by atoms with Crippen molar-refractivity contribution in [2.45, 2.75) is 6.92 Å². The van der Waals surface area contributed by atoms with Crippen molar-refractivity contribution >= 4 is 27.9 Å². The lowest BCUT2D eigenvalue weighted by Gasteiger charge is -1.98. The highest BCUT2D eigenvalue weighted by Gasteiger charge is 2.15. The smallest absolute Gasteiger partial charge is 0.289 e. The molecule has 0 unspecified atom stereocenters. The first kappa shape index (κ1) is 15.8. The number of aromatic nitrogens is 4. The summed E-state index contributed by atoms with van der Waals surface area (Å²) in [7, 11) is 0. The van der Waals surface area contributed by atoms with Crippen molar-refractivity contribution in [3.63, 3.8) is 0 Å². The van der Waals surface area contributed by atoms with Crippen LogP contribution in [0.15, 0.2) is 54.2 Å². The number of halogens is 1. The fourth-order valence-corrected chi connectivity index (χ4v) is 3.21. The van der Waals surface area contributed by atoms with Gasteiger partial charge in [0.1, 0.15) is 11.3 Å². The SMILES string of the molecule is Cc1nc2ccccn2c1-c1csc([NH2+]c2ccccn2)n1.[Br-]. The summed E-state index contributed by atoms with van der Waals surface area (Å²) in [4.78, 5) is 13.6. The molecule has 4 rings (SSSR count). The fourth-order valence-electron chi connectivity index (χ4n) is 2.47. The average Bonchev–Trinajstić information content (AvgIpc) is 3.11. The van der Waals surface area contributed by atoms with Crippen LogP contribution in [-0.4, -0.2) is 19.4 Å². The molecule has 0 aliphatic heterocycles. The summed E-state index contributed by atoms with van der Waals surface area (Å²) in [5.41, 5.74) is 3.93. The molecule has 5 nitrogen and oxygen atoms in total. The fraction of sp³-hybridized carbons (Fsp3) is 0.0625. The van der Waals surface area contributed by atoms with Crippen molar-refractivity contribution in [2.75, 3.05) is 0 Å². The second kappa shape index (κ2) is 6.57. The van der Waals surface area contributed by atoms with Crippen molar-refractivity contribution < 1.29 is 22.3 Å². The third-order valence-corrected chi connectivity index (χ3v) is 4.22. The van der Waals surface area contributed by atoms with Crippen LogP contribution in [0.25, 0.3) is 17.0 Å². The lowest BCUT2D eigenvalue weighted by molar-refractivity contribution is -0.482. The van der Waals surface area contributed by atoms with E-state index in [0.29, 0.717) is 0 Å². The first-order valence-corrected chi connectivity index (χ1v) is 7.84. The van der Waals surface area contributed by atoms with Gasteiger partial charge in [-0.25, -0.2) is 15.3 Å². The Balaban J connectivity index is 0.00000156. The van der Waals surface area contributed by atoms with Crippen LogP contribution in [0.2, 0.25) is 0 Å². The number of imidazole rings is 1. The summed E-state index contributed by atoms with van der Waals surface area (Å²) in [5, 5.41) is 5.00. The quantitative estimate of drug-likeness (QED) is 0.524. The van der Waals surface area contributed by atoms with Gasteiger partial charge in [-0.1, -0.05) is 23.5 Å². The number of nitrogens with two attached hydrogens (primary N) is 1. The number of nitrogens with zero attached hydrogens (tertiary/aromatic N) is 4. The van der Waals surface area contributed by atoms with E-state index in [-0.39, 0.29) is 17.0 Å². The van der Waals surface area contributed by atoms with Crippen molar-refractivity contribution in [3.8, 4) is 11.4 Å². The van der Waals surface area contributed by atoms with Gasteiger partial charge in [0.05, 0.1) is 11.4 Å². The molecule has 0 saturated heterocycles. The van der Waals surface area contributed by atoms with E-state index in [9.17, 15) is 0 Å². The molecule has 7 heteroatoms. The molecular weight excluding hydrogens is 374 g/mol. The van der Waals surface area contributed by atoms with E-state index in [1.165, 1.54) is 0 Å². The summed E-state index contributed by atoms with van der Waals surface area (Å²) < 4.78 is 2.08. The lowest BCUT2D eigenvalue weighted by Crippen LogP contribution is -3.00. The number of hydrogen-bond donors (Lipinski definition) is 1. The van der Waals surface area contributed by atoms with E-state index in [1.807, 2.05) is 54.8 Å². The maximum atomic E-state index is 4.72. The van der Waals surface area contributed by atoms with Crippen LogP contribution in [0.1, 0.15) is 5.69 Å². The highest BCUT2D eigenvalue weighted by molar-refractivity contribution is 7.13. The minimum absolute atomic E-state index is 0. The second-order valence-corrected chi connectivity index (χ2v) is 5.83. The minimum Gasteiger partial charge on any atom is -1.00 e. The van der Waals surface area contributed by atoms with Gasteiger partial charge in [0.2, 0.25) is 5.82 Å². The Morgan fingerprint density at radius 2 is 1.96 bits per heavy atom. The summed E-state index contributed by atoms with van der Waals surface area (Å²) in [6.45, 7) is 2.02. The number of fused-ring (bicyclic) bond motifs is 1. The molecular formula is C16H14BrN5S. The van der Waals surface area contributed by atoms with Crippen LogP contribution in [-0.2, 0) is 0 Å². The van der Waals surface area contributed by atoms with E-state index in [1.54, 1.807) is 17.5 Å². The topological polar surface area (TPSA) is 59.7 Å². The average molecular weight is 388 g/mol. The number of thiazole rings is 1. The van der Waals surface area contributed by atoms with E-state index < -0.39 is 0 Å². The van der Waals surface area contributed by atoms with Crippen molar-refractivity contribution in [1.82, 2.24) is 19.4 Å². The molecule has 0 fully saturated rings. The maximum absolute atomic E-state index is 4.72. The Bertz CT molecular complexity index is 932. The molecule has 0 aliphatic carbocycles. The third kappa shape index (κ3) is 3.03. The second-order valence-electron chi connectivity index (χ2n) is 4.94. The molecule has 0 amide bonds. The predicted octanol–water partition coefficient (Wildman–Crippen LogP) is -0.308. The normalized spacial score (nSPS) is 10.7. The highest BCUT2D eigenvalue weighted by atomic mass is 79.9. The van der Waals surface area contributed by atoms with Gasteiger partial charge in [0.25, 0.3) is 5.13 Å². The molecule has 0 aliphatic rings. The van der Waals surface area contributed by atoms with Gasteiger partial charge in [-0.2, -0.15) is 4.98 Å². The molecule has 116 valence electrons. The zero-order valence-corrected chi connectivity index (χ0v) is 14.8. The van der Waals surface area contributed by atoms with Gasteiger partial charge in [0, 0.05) is 23.8 Å². The van der Waals surface area contributed by atoms with Crippen LogP contribution in [0.3, 0.4) is 0 Å². The molecule has 0 bridgehead atoms. The molecule has 4 heterocycles. The zero-order valence-electron chi connectivity index (χ0n) is 12.3. The molecule has 0 saturated carbocycles. The van der Waals surface area contributed by atoms with Crippen LogP contribution >= 0.6 is 11.3 Å². The Morgan fingerprint density at radius 3 is 2.78 bits per heavy atom. The van der Waals surface area contributed by atoms with E-state index >= 15 is 0 Å². The molecule has 2 N–H and O–H groups in total. The molecule has 4 aromatic rings. The Morgan fingerprint density at radius 1 is 1.09 bits per heavy atom. The Hall–Kier alpha value is -2.09. The first-order chi connectivity index (χ1) is 10.8. The van der Waals surface area contributed by atoms with Crippen molar-refractivity contribution in [1.29, 1.82) is 0 Å². The third-order valence-electron chi connectivity index (χ3n) is 3.43. The van der Waals surface area contributed by atoms with Crippen molar-refractivity contribution in [3.05, 3.63) is 59.9 Å². The molecule has 4 aromatic heterocycles. The molecule has 0 spiro atoms. The van der Waals surface area contributed by atoms with Gasteiger partial charge in [-0.3, -0.25) is 4.40 Å². The molecule has 0 atom stereocenters. The number of pyridine rings is 2. The van der Waals surface area contributed by atoms with Gasteiger partial charge in [0.15, 0.2) is 0 Å². The van der Waals surface area contributed by atoms with E-state index in [0.717, 1.165) is 33.7 Å². The predicted molar refractivity (Wildman–Crippen MR) is 86.5 cm³/mol. The number of quaternary nitrogens is 1. The van der Waals surface area contributed by atoms with Gasteiger partial charge < -0.3 is 17.0 Å². The van der Waals surface area contributed by atoms with E-state index in [4.69, 9.17) is 4.98 Å². The molecule has 23 heavy (non-hydrogen) atoms. The first-order valence-electron chi connectivity index (χ1n) is 6.96. The minimum atomic E-state index is 0. The van der Waals surface area contributed by atoms with E-state index in [2.05, 4.69) is 19.7 Å². The van der Waals surface area contributed by atoms with Crippen LogP contribution in [0.4, 0.5) is 10.9 Å². The zero-order chi connectivity index (χ0) is 14.9. The van der Waals surface area contributed by atoms with Gasteiger partial charge in [-0.05, 0) is 25.1 Å². The van der Waals surface area contributed by atoms with Gasteiger partial charge >= 0.3 is 0 Å². The molecule has 0 radical (unpaired) electrons. The van der Waals surface area contributed by atoms with Crippen LogP contribution in [0.5, 0.6) is 0 Å². The summed E-state index contributed by atoms with van der Waals surface area (Å²) in [6, 6.07) is 11.9. The van der Waals surface area contributed by atoms with Crippen LogP contribution < -0.4 is 22.3 Å². The summed E-state index contributed by atoms with van der Waals surface area (Å²) >= 11 is 1.61. The number of rotatable bonds is 3. The van der Waals surface area contributed by atoms with Gasteiger partial charge in [-0.15, -0.1) is 0 Å². The Kier molecular flexibility index (Phi) is 4.51. The number of hydrogen-bond acceptors (Lipinski definition) is 4. The molecule has 0 aromatic carbocycles. The Labute approximate surface area is 147 Å². The summed E-state index contributed by atoms with van der Waals surface area (Å²) in [5.74, 6) is 0.915. The monoisotopic (exact) mass is 387 g/mol. The standard InChI is InChI=1S/C16H13N5S.BrH/c1-11-15(21-9-5-3-7-14(21)18-11)12-10-22-16(19-12)20-13-6-2-4-8-17-13;/h2-10H,1H3,(H,17,19,20);1H. The van der Waals surface area contributed by atoms with Crippen molar-refractivity contribution in [2.24, 2.45) is 0 Å². The summed E-state index contributed by atoms with van der Waals surface area (Å²) in [6.07, 6.45) is 3.81. The largest absolute Gasteiger partial charge is 1.00 e. The highest BCUT2D eigenvalue weighted by Crippen LogP contribution is 2.26. The maximum Gasteiger partial charge on any atom is 0.289 e. The van der Waals surface area contributed by atoms with Crippen LogP contribution in [0, 0.1) is 6.92 Å². The number of aryl methyl sites for hydroxylation is 1. The lowest BCUT2D eigenvalue weighted by atomic mass is 10.3.